The topological polar surface area (TPSA) is 119 Å². The number of carboxylic acids is 1. The van der Waals surface area contributed by atoms with Crippen LogP contribution in [0.25, 0.3) is 0 Å². The standard InChI is InChI=1S/C14H16N2O6S2/c1-8-9(2)15-22-14(8)16-24(19,20)13(11-5-4-6-23-11)10(3)21-7-12(17)18/h4-6,13,16H,3,7H2,1-2H3,(H,17,18). The number of nitrogens with one attached hydrogen (secondary N) is 1. The van der Waals surface area contributed by atoms with Gasteiger partial charge in [-0.2, -0.15) is 0 Å². The van der Waals surface area contributed by atoms with Gasteiger partial charge in [0.25, 0.3) is 0 Å². The van der Waals surface area contributed by atoms with Crippen molar-refractivity contribution in [3.8, 4) is 0 Å². The minimum Gasteiger partial charge on any atom is -0.485 e. The van der Waals surface area contributed by atoms with Gasteiger partial charge in [-0.15, -0.1) is 11.3 Å². The highest BCUT2D eigenvalue weighted by Crippen LogP contribution is 2.34. The Morgan fingerprint density at radius 1 is 1.54 bits per heavy atom. The van der Waals surface area contributed by atoms with Crippen LogP contribution < -0.4 is 4.72 Å². The van der Waals surface area contributed by atoms with Crippen molar-refractivity contribution < 1.29 is 27.6 Å². The van der Waals surface area contributed by atoms with Gasteiger partial charge < -0.3 is 14.4 Å². The van der Waals surface area contributed by atoms with Crippen LogP contribution in [0.3, 0.4) is 0 Å². The van der Waals surface area contributed by atoms with E-state index in [0.717, 1.165) is 0 Å². The summed E-state index contributed by atoms with van der Waals surface area (Å²) in [6.45, 7) is 6.24. The Bertz CT molecular complexity index is 839. The van der Waals surface area contributed by atoms with Gasteiger partial charge in [0.1, 0.15) is 5.76 Å². The molecule has 0 saturated heterocycles. The molecule has 0 fully saturated rings. The van der Waals surface area contributed by atoms with Crippen molar-refractivity contribution in [3.05, 3.63) is 46.0 Å². The van der Waals surface area contributed by atoms with E-state index in [1.54, 1.807) is 31.4 Å². The largest absolute Gasteiger partial charge is 0.485 e. The zero-order chi connectivity index (χ0) is 17.9. The van der Waals surface area contributed by atoms with Crippen LogP contribution in [0.4, 0.5) is 5.88 Å². The van der Waals surface area contributed by atoms with Crippen molar-refractivity contribution in [2.24, 2.45) is 0 Å². The van der Waals surface area contributed by atoms with Gasteiger partial charge in [-0.1, -0.05) is 17.8 Å². The number of aryl methyl sites for hydroxylation is 1. The summed E-state index contributed by atoms with van der Waals surface area (Å²) in [5.41, 5.74) is 1.11. The molecule has 24 heavy (non-hydrogen) atoms. The summed E-state index contributed by atoms with van der Waals surface area (Å²) in [5, 5.41) is 12.8. The Kier molecular flexibility index (Phi) is 5.30. The van der Waals surface area contributed by atoms with Gasteiger partial charge in [0.05, 0.1) is 5.69 Å². The lowest BCUT2D eigenvalue weighted by molar-refractivity contribution is -0.140. The third-order valence-corrected chi connectivity index (χ3v) is 5.87. The molecule has 2 aromatic rings. The van der Waals surface area contributed by atoms with Crippen LogP contribution in [-0.2, 0) is 19.6 Å². The van der Waals surface area contributed by atoms with E-state index in [2.05, 4.69) is 16.5 Å². The minimum absolute atomic E-state index is 0.0000840. The first-order valence-corrected chi connectivity index (χ1v) is 9.16. The minimum atomic E-state index is -4.05. The summed E-state index contributed by atoms with van der Waals surface area (Å²) in [6, 6.07) is 3.28. The molecule has 10 heteroatoms. The molecule has 0 aliphatic carbocycles. The first-order chi connectivity index (χ1) is 11.2. The summed E-state index contributed by atoms with van der Waals surface area (Å²) >= 11 is 1.19. The van der Waals surface area contributed by atoms with Crippen molar-refractivity contribution in [3.63, 3.8) is 0 Å². The maximum Gasteiger partial charge on any atom is 0.341 e. The molecule has 2 heterocycles. The van der Waals surface area contributed by atoms with Crippen LogP contribution in [0.5, 0.6) is 0 Å². The lowest BCUT2D eigenvalue weighted by atomic mass is 10.3. The Hall–Kier alpha value is -2.33. The number of sulfonamides is 1. The first kappa shape index (κ1) is 18.0. The van der Waals surface area contributed by atoms with Gasteiger partial charge in [-0.25, -0.2) is 17.9 Å². The van der Waals surface area contributed by atoms with E-state index in [9.17, 15) is 13.2 Å². The predicted molar refractivity (Wildman–Crippen MR) is 88.3 cm³/mol. The molecule has 130 valence electrons. The Morgan fingerprint density at radius 3 is 2.75 bits per heavy atom. The number of ether oxygens (including phenoxy) is 1. The second-order valence-corrected chi connectivity index (χ2v) is 7.66. The van der Waals surface area contributed by atoms with Gasteiger partial charge in [0, 0.05) is 10.4 Å². The number of thiophene rings is 1. The van der Waals surface area contributed by atoms with Crippen molar-refractivity contribution >= 4 is 33.2 Å². The average Bonchev–Trinajstić information content (AvgIpc) is 3.11. The molecule has 0 radical (unpaired) electrons. The first-order valence-electron chi connectivity index (χ1n) is 6.73. The van der Waals surface area contributed by atoms with E-state index in [4.69, 9.17) is 14.4 Å². The highest BCUT2D eigenvalue weighted by atomic mass is 32.2. The second-order valence-electron chi connectivity index (χ2n) is 4.91. The molecule has 2 aromatic heterocycles. The van der Waals surface area contributed by atoms with E-state index in [1.807, 2.05) is 0 Å². The van der Waals surface area contributed by atoms with Crippen molar-refractivity contribution in [1.29, 1.82) is 0 Å². The quantitative estimate of drug-likeness (QED) is 0.683. The number of aromatic nitrogens is 1. The molecule has 2 N–H and O–H groups in total. The normalized spacial score (nSPS) is 12.6. The number of carboxylic acid groups (broad SMARTS) is 1. The summed E-state index contributed by atoms with van der Waals surface area (Å²) in [7, 11) is -4.05. The molecular formula is C14H16N2O6S2. The lowest BCUT2D eigenvalue weighted by Crippen LogP contribution is -2.24. The van der Waals surface area contributed by atoms with Gasteiger partial charge in [0.2, 0.25) is 15.9 Å². The predicted octanol–water partition coefficient (Wildman–Crippen LogP) is 2.45. The second kappa shape index (κ2) is 7.05. The third-order valence-electron chi connectivity index (χ3n) is 3.18. The number of hydrogen-bond acceptors (Lipinski definition) is 7. The van der Waals surface area contributed by atoms with E-state index in [0.29, 0.717) is 16.1 Å². The number of nitrogens with zero attached hydrogens (tertiary/aromatic N) is 1. The van der Waals surface area contributed by atoms with Crippen LogP contribution in [-0.4, -0.2) is 31.3 Å². The van der Waals surface area contributed by atoms with Gasteiger partial charge in [-0.3, -0.25) is 0 Å². The van der Waals surface area contributed by atoms with Crippen LogP contribution in [0.15, 0.2) is 34.4 Å². The monoisotopic (exact) mass is 372 g/mol. The molecule has 0 aromatic carbocycles. The molecule has 0 aliphatic heterocycles. The Morgan fingerprint density at radius 2 is 2.25 bits per heavy atom. The summed E-state index contributed by atoms with van der Waals surface area (Å²) in [5.74, 6) is -1.42. The van der Waals surface area contributed by atoms with Gasteiger partial charge in [0.15, 0.2) is 11.9 Å². The highest BCUT2D eigenvalue weighted by Gasteiger charge is 2.34. The van der Waals surface area contributed by atoms with Crippen LogP contribution in [0.2, 0.25) is 0 Å². The maximum absolute atomic E-state index is 12.8. The zero-order valence-electron chi connectivity index (χ0n) is 13.0. The Balaban J connectivity index is 2.33. The summed E-state index contributed by atoms with van der Waals surface area (Å²) in [4.78, 5) is 11.1. The molecule has 0 aliphatic rings. The molecule has 1 unspecified atom stereocenters. The highest BCUT2D eigenvalue weighted by molar-refractivity contribution is 7.93. The number of carbonyl (C=O) groups is 1. The number of rotatable bonds is 8. The molecule has 0 saturated carbocycles. The molecule has 0 amide bonds. The fourth-order valence-electron chi connectivity index (χ4n) is 1.85. The van der Waals surface area contributed by atoms with E-state index in [1.165, 1.54) is 11.3 Å². The van der Waals surface area contributed by atoms with Crippen LogP contribution in [0.1, 0.15) is 21.4 Å². The molecule has 8 nitrogen and oxygen atoms in total. The van der Waals surface area contributed by atoms with E-state index in [-0.39, 0.29) is 11.6 Å². The Labute approximate surface area is 142 Å². The molecule has 0 spiro atoms. The SMILES string of the molecule is C=C(OCC(=O)O)C(c1cccs1)S(=O)(=O)Nc1onc(C)c1C. The average molecular weight is 372 g/mol. The van der Waals surface area contributed by atoms with Crippen molar-refractivity contribution in [1.82, 2.24) is 5.16 Å². The zero-order valence-corrected chi connectivity index (χ0v) is 14.6. The molecule has 0 bridgehead atoms. The summed E-state index contributed by atoms with van der Waals surface area (Å²) < 4.78 is 37.8. The fourth-order valence-corrected chi connectivity index (χ4v) is 4.49. The lowest BCUT2D eigenvalue weighted by Gasteiger charge is -2.19. The molecular weight excluding hydrogens is 356 g/mol. The van der Waals surface area contributed by atoms with Crippen LogP contribution in [0, 0.1) is 13.8 Å². The third kappa shape index (κ3) is 3.95. The van der Waals surface area contributed by atoms with Gasteiger partial charge >= 0.3 is 5.97 Å². The number of aliphatic carboxylic acids is 1. The number of anilines is 1. The smallest absolute Gasteiger partial charge is 0.341 e. The van der Waals surface area contributed by atoms with Crippen molar-refractivity contribution in [2.75, 3.05) is 11.3 Å². The fraction of sp³-hybridized carbons (Fsp3) is 0.286. The number of hydrogen-bond donors (Lipinski definition) is 2. The molecule has 2 rings (SSSR count). The van der Waals surface area contributed by atoms with E-state index >= 15 is 0 Å². The van der Waals surface area contributed by atoms with Crippen molar-refractivity contribution in [2.45, 2.75) is 19.1 Å². The van der Waals surface area contributed by atoms with Crippen LogP contribution >= 0.6 is 11.3 Å². The maximum atomic E-state index is 12.8. The van der Waals surface area contributed by atoms with E-state index < -0.39 is 27.8 Å². The van der Waals surface area contributed by atoms with Gasteiger partial charge in [-0.05, 0) is 25.3 Å². The molecule has 1 atom stereocenters. The summed E-state index contributed by atoms with van der Waals surface area (Å²) in [6.07, 6.45) is 0.